The van der Waals surface area contributed by atoms with Crippen LogP contribution in [0.15, 0.2) is 35.3 Å². The van der Waals surface area contributed by atoms with Crippen molar-refractivity contribution in [3.05, 3.63) is 52.8 Å². The van der Waals surface area contributed by atoms with Crippen LogP contribution >= 0.6 is 0 Å². The number of ether oxygens (including phenoxy) is 1. The van der Waals surface area contributed by atoms with E-state index in [9.17, 15) is 0 Å². The Labute approximate surface area is 169 Å². The van der Waals surface area contributed by atoms with Crippen LogP contribution in [0.3, 0.4) is 0 Å². The second kappa shape index (κ2) is 11.5. The number of nitrogens with zero attached hydrogens (tertiary/aromatic N) is 3. The highest BCUT2D eigenvalue weighted by Gasteiger charge is 2.09. The third-order valence-corrected chi connectivity index (χ3v) is 4.88. The van der Waals surface area contributed by atoms with Crippen LogP contribution in [-0.2, 0) is 18.2 Å². The molecule has 0 bridgehead atoms. The molecule has 0 spiro atoms. The molecule has 6 nitrogen and oxygen atoms in total. The number of aromatic nitrogens is 2. The minimum atomic E-state index is 0.113. The first-order chi connectivity index (χ1) is 13.5. The quantitative estimate of drug-likeness (QED) is 0.374. The maximum Gasteiger partial charge on any atom is 0.191 e. The number of rotatable bonds is 10. The number of aryl methyl sites for hydroxylation is 2. The van der Waals surface area contributed by atoms with Crippen LogP contribution in [0.2, 0.25) is 0 Å². The molecule has 0 aliphatic carbocycles. The van der Waals surface area contributed by atoms with E-state index < -0.39 is 0 Å². The lowest BCUT2D eigenvalue weighted by Gasteiger charge is -2.13. The minimum Gasteiger partial charge on any atom is -0.374 e. The van der Waals surface area contributed by atoms with Crippen LogP contribution in [0.4, 0.5) is 0 Å². The van der Waals surface area contributed by atoms with Crippen molar-refractivity contribution in [3.8, 4) is 0 Å². The van der Waals surface area contributed by atoms with Gasteiger partial charge >= 0.3 is 0 Å². The average Bonchev–Trinajstić information content (AvgIpc) is 2.94. The van der Waals surface area contributed by atoms with E-state index in [2.05, 4.69) is 60.6 Å². The number of aliphatic imine (C=N–C) groups is 1. The van der Waals surface area contributed by atoms with Gasteiger partial charge in [-0.1, -0.05) is 30.3 Å². The Morgan fingerprint density at radius 2 is 1.96 bits per heavy atom. The van der Waals surface area contributed by atoms with Crippen molar-refractivity contribution in [2.24, 2.45) is 12.0 Å². The summed E-state index contributed by atoms with van der Waals surface area (Å²) in [6, 6.07) is 10.3. The second-order valence-electron chi connectivity index (χ2n) is 6.99. The molecule has 28 heavy (non-hydrogen) atoms. The van der Waals surface area contributed by atoms with E-state index in [0.717, 1.165) is 44.1 Å². The van der Waals surface area contributed by atoms with E-state index >= 15 is 0 Å². The van der Waals surface area contributed by atoms with E-state index in [1.165, 1.54) is 16.8 Å². The van der Waals surface area contributed by atoms with Crippen LogP contribution in [0.5, 0.6) is 0 Å². The molecule has 0 amide bonds. The summed E-state index contributed by atoms with van der Waals surface area (Å²) in [5.74, 6) is 0.859. The summed E-state index contributed by atoms with van der Waals surface area (Å²) in [5, 5.41) is 11.2. The Balaban J connectivity index is 1.72. The summed E-state index contributed by atoms with van der Waals surface area (Å²) < 4.78 is 7.86. The van der Waals surface area contributed by atoms with E-state index in [0.29, 0.717) is 6.61 Å². The molecule has 6 heteroatoms. The van der Waals surface area contributed by atoms with Gasteiger partial charge in [0.15, 0.2) is 5.96 Å². The van der Waals surface area contributed by atoms with Crippen LogP contribution in [0.25, 0.3) is 0 Å². The van der Waals surface area contributed by atoms with Gasteiger partial charge in [0.1, 0.15) is 0 Å². The SMILES string of the molecule is CCNC(=NCCCOC(C)c1ccccc1)NCCc1c(C)nn(C)c1C. The van der Waals surface area contributed by atoms with Crippen LogP contribution in [0.1, 0.15) is 48.9 Å². The van der Waals surface area contributed by atoms with Crippen molar-refractivity contribution in [2.45, 2.75) is 46.6 Å². The third kappa shape index (κ3) is 6.68. The summed E-state index contributed by atoms with van der Waals surface area (Å²) in [4.78, 5) is 4.66. The van der Waals surface area contributed by atoms with Crippen molar-refractivity contribution in [1.29, 1.82) is 0 Å². The number of hydrogen-bond acceptors (Lipinski definition) is 3. The fraction of sp³-hybridized carbons (Fsp3) is 0.545. The van der Waals surface area contributed by atoms with Gasteiger partial charge in [-0.3, -0.25) is 9.67 Å². The fourth-order valence-electron chi connectivity index (χ4n) is 3.16. The molecule has 2 N–H and O–H groups in total. The fourth-order valence-corrected chi connectivity index (χ4v) is 3.16. The minimum absolute atomic E-state index is 0.113. The van der Waals surface area contributed by atoms with E-state index in [-0.39, 0.29) is 6.10 Å². The smallest absolute Gasteiger partial charge is 0.191 e. The summed E-state index contributed by atoms with van der Waals surface area (Å²) in [6.45, 7) is 11.5. The predicted octanol–water partition coefficient (Wildman–Crippen LogP) is 3.30. The number of benzene rings is 1. The van der Waals surface area contributed by atoms with E-state index in [4.69, 9.17) is 4.74 Å². The molecule has 1 atom stereocenters. The largest absolute Gasteiger partial charge is 0.374 e. The normalized spacial score (nSPS) is 12.8. The van der Waals surface area contributed by atoms with Gasteiger partial charge < -0.3 is 15.4 Å². The Morgan fingerprint density at radius 1 is 1.21 bits per heavy atom. The molecule has 0 radical (unpaired) electrons. The Bertz CT molecular complexity index is 739. The first kappa shape index (κ1) is 22.0. The highest BCUT2D eigenvalue weighted by atomic mass is 16.5. The van der Waals surface area contributed by atoms with Gasteiger partial charge in [-0.2, -0.15) is 5.10 Å². The lowest BCUT2D eigenvalue weighted by atomic mass is 10.1. The van der Waals surface area contributed by atoms with Crippen molar-refractivity contribution in [1.82, 2.24) is 20.4 Å². The molecule has 2 rings (SSSR count). The van der Waals surface area contributed by atoms with Crippen molar-refractivity contribution in [3.63, 3.8) is 0 Å². The number of hydrogen-bond donors (Lipinski definition) is 2. The van der Waals surface area contributed by atoms with Gasteiger partial charge in [0.25, 0.3) is 0 Å². The Kier molecular flexibility index (Phi) is 9.01. The monoisotopic (exact) mass is 385 g/mol. The van der Waals surface area contributed by atoms with Gasteiger partial charge in [-0.05, 0) is 51.7 Å². The van der Waals surface area contributed by atoms with Crippen LogP contribution in [0, 0.1) is 13.8 Å². The zero-order chi connectivity index (χ0) is 20.4. The molecule has 1 aromatic heterocycles. The average molecular weight is 386 g/mol. The Morgan fingerprint density at radius 3 is 2.61 bits per heavy atom. The van der Waals surface area contributed by atoms with Crippen LogP contribution < -0.4 is 10.6 Å². The molecule has 2 aromatic rings. The standard InChI is InChI=1S/C22H35N5O/c1-6-23-22(25-15-13-21-17(2)26-27(5)18(21)3)24-14-10-16-28-19(4)20-11-8-7-9-12-20/h7-9,11-12,19H,6,10,13-16H2,1-5H3,(H2,23,24,25). The highest BCUT2D eigenvalue weighted by molar-refractivity contribution is 5.79. The summed E-state index contributed by atoms with van der Waals surface area (Å²) in [6.07, 6.45) is 1.95. The Hall–Kier alpha value is -2.34. The van der Waals surface area contributed by atoms with Gasteiger partial charge in [-0.15, -0.1) is 0 Å². The maximum atomic E-state index is 5.92. The summed E-state index contributed by atoms with van der Waals surface area (Å²) in [7, 11) is 1.99. The van der Waals surface area contributed by atoms with Gasteiger partial charge in [0.2, 0.25) is 0 Å². The molecule has 1 aromatic carbocycles. The van der Waals surface area contributed by atoms with Crippen LogP contribution in [-0.4, -0.2) is 42.0 Å². The van der Waals surface area contributed by atoms with E-state index in [1.54, 1.807) is 0 Å². The van der Waals surface area contributed by atoms with Crippen molar-refractivity contribution >= 4 is 5.96 Å². The third-order valence-electron chi connectivity index (χ3n) is 4.88. The molecule has 154 valence electrons. The summed E-state index contributed by atoms with van der Waals surface area (Å²) in [5.41, 5.74) is 4.86. The first-order valence-corrected chi connectivity index (χ1v) is 10.2. The number of nitrogens with one attached hydrogen (secondary N) is 2. The number of guanidine groups is 1. The van der Waals surface area contributed by atoms with Gasteiger partial charge in [-0.25, -0.2) is 0 Å². The molecule has 0 fully saturated rings. The predicted molar refractivity (Wildman–Crippen MR) is 116 cm³/mol. The molecule has 0 aliphatic rings. The molecule has 0 saturated carbocycles. The molecule has 0 saturated heterocycles. The van der Waals surface area contributed by atoms with E-state index in [1.807, 2.05) is 29.9 Å². The molecular weight excluding hydrogens is 350 g/mol. The first-order valence-electron chi connectivity index (χ1n) is 10.2. The second-order valence-corrected chi connectivity index (χ2v) is 6.99. The van der Waals surface area contributed by atoms with Gasteiger partial charge in [0.05, 0.1) is 11.8 Å². The molecule has 0 aliphatic heterocycles. The molecular formula is C22H35N5O. The summed E-state index contributed by atoms with van der Waals surface area (Å²) >= 11 is 0. The van der Waals surface area contributed by atoms with Crippen molar-refractivity contribution < 1.29 is 4.74 Å². The lowest BCUT2D eigenvalue weighted by Crippen LogP contribution is -2.38. The molecule has 1 unspecified atom stereocenters. The topological polar surface area (TPSA) is 63.5 Å². The van der Waals surface area contributed by atoms with Gasteiger partial charge in [0, 0.05) is 39.0 Å². The highest BCUT2D eigenvalue weighted by Crippen LogP contribution is 2.15. The molecule has 1 heterocycles. The van der Waals surface area contributed by atoms with Crippen molar-refractivity contribution in [2.75, 3.05) is 26.2 Å². The zero-order valence-electron chi connectivity index (χ0n) is 18.0. The zero-order valence-corrected chi connectivity index (χ0v) is 18.0. The lowest BCUT2D eigenvalue weighted by molar-refractivity contribution is 0.0652. The maximum absolute atomic E-state index is 5.92.